The lowest BCUT2D eigenvalue weighted by molar-refractivity contribution is -0.119. The number of urea groups is 1. The van der Waals surface area contributed by atoms with E-state index in [0.717, 1.165) is 15.8 Å². The number of methoxy groups -OCH3 is 1. The highest BCUT2D eigenvalue weighted by atomic mass is 32.1. The number of pyridine rings is 2. The number of rotatable bonds is 11. The van der Waals surface area contributed by atoms with Crippen molar-refractivity contribution >= 4 is 51.0 Å². The maximum atomic E-state index is 15.6. The Bertz CT molecular complexity index is 1990. The number of anilines is 2. The number of primary amides is 1. The number of hydrogen-bond acceptors (Lipinski definition) is 9. The zero-order chi connectivity index (χ0) is 33.8. The number of fused-ring (bicyclic) bond motifs is 1. The number of amides is 4. The van der Waals surface area contributed by atoms with E-state index in [0.29, 0.717) is 46.6 Å². The maximum Gasteiger partial charge on any atom is 0.404 e. The molecule has 3 heterocycles. The molecule has 5 aromatic rings. The molecule has 1 saturated carbocycles. The van der Waals surface area contributed by atoms with E-state index in [-0.39, 0.29) is 29.6 Å². The summed E-state index contributed by atoms with van der Waals surface area (Å²) in [4.78, 5) is 48.1. The van der Waals surface area contributed by atoms with Crippen LogP contribution in [0.5, 0.6) is 11.5 Å². The SMILES string of the molecule is COC(COC(N)=O)Cc1cccc(-c2cc3nccc(Oc4ccc(N(C(=O)Nc5ccc(F)cc5)C(=O)C5CC5)cc4F)c3s2)n1. The lowest BCUT2D eigenvalue weighted by atomic mass is 10.1. The van der Waals surface area contributed by atoms with Crippen LogP contribution in [-0.2, 0) is 20.7 Å². The molecule has 0 spiro atoms. The van der Waals surface area contributed by atoms with E-state index in [4.69, 9.17) is 24.9 Å². The van der Waals surface area contributed by atoms with Gasteiger partial charge in [-0.25, -0.2) is 23.3 Å². The average molecular weight is 674 g/mol. The van der Waals surface area contributed by atoms with Crippen molar-refractivity contribution in [2.75, 3.05) is 23.9 Å². The zero-order valence-corrected chi connectivity index (χ0v) is 26.3. The third-order valence-electron chi connectivity index (χ3n) is 7.46. The van der Waals surface area contributed by atoms with Crippen molar-refractivity contribution in [1.82, 2.24) is 9.97 Å². The molecule has 3 aromatic heterocycles. The molecule has 6 rings (SSSR count). The Balaban J connectivity index is 1.22. The third kappa shape index (κ3) is 7.56. The van der Waals surface area contributed by atoms with Gasteiger partial charge < -0.3 is 25.3 Å². The second-order valence-corrected chi connectivity index (χ2v) is 12.0. The van der Waals surface area contributed by atoms with Crippen molar-refractivity contribution in [1.29, 1.82) is 0 Å². The lowest BCUT2D eigenvalue weighted by Gasteiger charge is -2.22. The normalized spacial score (nSPS) is 13.1. The molecule has 246 valence electrons. The molecule has 1 unspecified atom stereocenters. The van der Waals surface area contributed by atoms with Crippen LogP contribution in [0.25, 0.3) is 20.8 Å². The van der Waals surface area contributed by atoms with E-state index < -0.39 is 35.8 Å². The Kier molecular flexibility index (Phi) is 9.55. The maximum absolute atomic E-state index is 15.6. The smallest absolute Gasteiger partial charge is 0.404 e. The molecule has 14 heteroatoms. The molecule has 4 amide bonds. The van der Waals surface area contributed by atoms with Crippen molar-refractivity contribution in [2.45, 2.75) is 25.4 Å². The monoisotopic (exact) mass is 673 g/mol. The minimum absolute atomic E-state index is 0.0131. The van der Waals surface area contributed by atoms with Crippen molar-refractivity contribution in [3.63, 3.8) is 0 Å². The van der Waals surface area contributed by atoms with Crippen LogP contribution in [0.3, 0.4) is 0 Å². The number of hydrogen-bond donors (Lipinski definition) is 2. The number of ether oxygens (including phenoxy) is 3. The summed E-state index contributed by atoms with van der Waals surface area (Å²) in [6.45, 7) is -0.0131. The number of nitrogens with one attached hydrogen (secondary N) is 1. The van der Waals surface area contributed by atoms with Gasteiger partial charge in [-0.05, 0) is 67.4 Å². The van der Waals surface area contributed by atoms with E-state index in [9.17, 15) is 18.8 Å². The minimum atomic E-state index is -0.887. The second kappa shape index (κ2) is 14.1. The highest BCUT2D eigenvalue weighted by Crippen LogP contribution is 2.40. The van der Waals surface area contributed by atoms with Crippen LogP contribution in [0.4, 0.5) is 29.7 Å². The molecule has 1 aliphatic rings. The Morgan fingerprint density at radius 3 is 2.54 bits per heavy atom. The van der Waals surface area contributed by atoms with E-state index >= 15 is 4.39 Å². The number of halogens is 2. The summed E-state index contributed by atoms with van der Waals surface area (Å²) in [7, 11) is 1.51. The molecule has 1 aliphatic carbocycles. The Morgan fingerprint density at radius 2 is 1.83 bits per heavy atom. The first kappa shape index (κ1) is 32.5. The summed E-state index contributed by atoms with van der Waals surface area (Å²) in [6.07, 6.45) is 1.85. The number of carbonyl (C=O) groups is 3. The number of nitrogens with zero attached hydrogens (tertiary/aromatic N) is 3. The van der Waals surface area contributed by atoms with Crippen LogP contribution < -0.4 is 20.7 Å². The Labute approximate surface area is 277 Å². The summed E-state index contributed by atoms with van der Waals surface area (Å²) in [5, 5.41) is 2.57. The summed E-state index contributed by atoms with van der Waals surface area (Å²) >= 11 is 1.36. The molecule has 0 saturated heterocycles. The van der Waals surface area contributed by atoms with Gasteiger partial charge in [0.15, 0.2) is 11.6 Å². The number of benzene rings is 2. The Hall–Kier alpha value is -5.47. The van der Waals surface area contributed by atoms with Crippen LogP contribution in [0.15, 0.2) is 79.0 Å². The van der Waals surface area contributed by atoms with Gasteiger partial charge in [-0.3, -0.25) is 14.8 Å². The molecule has 48 heavy (non-hydrogen) atoms. The number of imide groups is 1. The topological polar surface area (TPSA) is 146 Å². The molecular weight excluding hydrogens is 644 g/mol. The van der Waals surface area contributed by atoms with Crippen LogP contribution in [-0.4, -0.2) is 47.8 Å². The highest BCUT2D eigenvalue weighted by molar-refractivity contribution is 7.22. The first-order valence-corrected chi connectivity index (χ1v) is 15.7. The van der Waals surface area contributed by atoms with Gasteiger partial charge in [-0.1, -0.05) is 6.07 Å². The van der Waals surface area contributed by atoms with Gasteiger partial charge in [0.05, 0.1) is 32.6 Å². The Morgan fingerprint density at radius 1 is 1.04 bits per heavy atom. The van der Waals surface area contributed by atoms with Gasteiger partial charge in [-0.15, -0.1) is 11.3 Å². The van der Waals surface area contributed by atoms with Gasteiger partial charge in [0.2, 0.25) is 5.91 Å². The fourth-order valence-electron chi connectivity index (χ4n) is 4.87. The number of thiophene rings is 1. The van der Waals surface area contributed by atoms with E-state index in [1.54, 1.807) is 12.3 Å². The van der Waals surface area contributed by atoms with E-state index in [1.807, 2.05) is 24.3 Å². The van der Waals surface area contributed by atoms with Gasteiger partial charge in [0.1, 0.15) is 18.2 Å². The molecule has 0 aliphatic heterocycles. The highest BCUT2D eigenvalue weighted by Gasteiger charge is 2.37. The molecule has 3 N–H and O–H groups in total. The van der Waals surface area contributed by atoms with Crippen LogP contribution in [0.2, 0.25) is 0 Å². The quantitative estimate of drug-likeness (QED) is 0.152. The minimum Gasteiger partial charge on any atom is -0.453 e. The van der Waals surface area contributed by atoms with Gasteiger partial charge in [-0.2, -0.15) is 0 Å². The van der Waals surface area contributed by atoms with E-state index in [1.165, 1.54) is 54.8 Å². The number of carbonyl (C=O) groups excluding carboxylic acids is 3. The molecule has 0 bridgehead atoms. The number of aromatic nitrogens is 2. The van der Waals surface area contributed by atoms with Crippen molar-refractivity contribution in [2.24, 2.45) is 11.7 Å². The summed E-state index contributed by atoms with van der Waals surface area (Å²) in [5.41, 5.74) is 7.36. The largest absolute Gasteiger partial charge is 0.453 e. The summed E-state index contributed by atoms with van der Waals surface area (Å²) in [5.74, 6) is -1.84. The fraction of sp³-hybridized carbons (Fsp3) is 0.206. The number of nitrogens with two attached hydrogens (primary N) is 1. The summed E-state index contributed by atoms with van der Waals surface area (Å²) in [6, 6.07) is 17.1. The van der Waals surface area contributed by atoms with Gasteiger partial charge in [0.25, 0.3) is 0 Å². The van der Waals surface area contributed by atoms with Gasteiger partial charge in [0, 0.05) is 49.2 Å². The van der Waals surface area contributed by atoms with Crippen molar-refractivity contribution in [3.05, 3.63) is 96.3 Å². The molecule has 1 atom stereocenters. The predicted molar refractivity (Wildman–Crippen MR) is 175 cm³/mol. The van der Waals surface area contributed by atoms with Crippen molar-refractivity contribution in [3.8, 4) is 22.1 Å². The van der Waals surface area contributed by atoms with Gasteiger partial charge >= 0.3 is 12.1 Å². The standard InChI is InChI=1S/C34H29F2N5O6S/c1-45-24(18-46-33(37)43)15-22-3-2-4-26(39-22)30-17-27-31(48-30)29(13-14-38-27)47-28-12-11-23(16-25(28)36)41(32(42)19-5-6-19)34(44)40-21-9-7-20(35)8-10-21/h2-4,7-14,16-17,19,24H,5-6,15,18H2,1H3,(H2,37,43)(H,40,44). The first-order valence-electron chi connectivity index (χ1n) is 14.9. The molecule has 2 aromatic carbocycles. The molecule has 0 radical (unpaired) electrons. The first-order chi connectivity index (χ1) is 23.2. The predicted octanol–water partition coefficient (Wildman–Crippen LogP) is 7.06. The molecule has 11 nitrogen and oxygen atoms in total. The molecule has 1 fully saturated rings. The third-order valence-corrected chi connectivity index (χ3v) is 8.62. The molecular formula is C34H29F2N5O6S. The van der Waals surface area contributed by atoms with Crippen molar-refractivity contribution < 1.29 is 37.4 Å². The fourth-order valence-corrected chi connectivity index (χ4v) is 5.91. The zero-order valence-electron chi connectivity index (χ0n) is 25.5. The van der Waals surface area contributed by atoms with Crippen LogP contribution >= 0.6 is 11.3 Å². The van der Waals surface area contributed by atoms with E-state index in [2.05, 4.69) is 10.3 Å². The van der Waals surface area contributed by atoms with Crippen LogP contribution in [0.1, 0.15) is 18.5 Å². The van der Waals surface area contributed by atoms with Crippen LogP contribution in [0, 0.1) is 17.6 Å². The summed E-state index contributed by atoms with van der Waals surface area (Å²) < 4.78 is 45.8. The lowest BCUT2D eigenvalue weighted by Crippen LogP contribution is -2.41. The second-order valence-electron chi connectivity index (χ2n) is 10.9. The average Bonchev–Trinajstić information content (AvgIpc) is 3.83.